The van der Waals surface area contributed by atoms with Crippen LogP contribution >= 0.6 is 0 Å². The fourth-order valence-corrected chi connectivity index (χ4v) is 3.93. The Labute approximate surface area is 211 Å². The van der Waals surface area contributed by atoms with Gasteiger partial charge in [-0.15, -0.1) is 0 Å². The highest BCUT2D eigenvalue weighted by Gasteiger charge is 2.17. The number of aryl methyl sites for hydroxylation is 1. The van der Waals surface area contributed by atoms with Gasteiger partial charge < -0.3 is 20.9 Å². The lowest BCUT2D eigenvalue weighted by Gasteiger charge is -2.33. The number of carbonyl (C=O) groups is 2. The molecule has 0 spiro atoms. The molecule has 0 saturated carbocycles. The lowest BCUT2D eigenvalue weighted by atomic mass is 10.2. The third kappa shape index (κ3) is 7.38. The predicted molar refractivity (Wildman–Crippen MR) is 143 cm³/mol. The molecular weight excluding hydrogens is 454 g/mol. The Bertz CT molecular complexity index is 1240. The fraction of sp³-hybridized carbons (Fsp3) is 0.259. The number of amides is 2. The summed E-state index contributed by atoms with van der Waals surface area (Å²) in [5.74, 6) is 1.23. The first kappa shape index (κ1) is 24.9. The molecule has 1 aromatic heterocycles. The first-order valence-corrected chi connectivity index (χ1v) is 11.9. The van der Waals surface area contributed by atoms with Crippen molar-refractivity contribution in [2.75, 3.05) is 48.7 Å². The van der Waals surface area contributed by atoms with Gasteiger partial charge >= 0.3 is 0 Å². The van der Waals surface area contributed by atoms with Gasteiger partial charge in [0.05, 0.1) is 0 Å². The molecule has 9 heteroatoms. The largest absolute Gasteiger partial charge is 0.340 e. The quantitative estimate of drug-likeness (QED) is 0.416. The van der Waals surface area contributed by atoms with Gasteiger partial charge in [-0.2, -0.15) is 0 Å². The Morgan fingerprint density at radius 1 is 0.889 bits per heavy atom. The Kier molecular flexibility index (Phi) is 8.25. The first-order valence-electron chi connectivity index (χ1n) is 11.9. The van der Waals surface area contributed by atoms with E-state index < -0.39 is 0 Å². The van der Waals surface area contributed by atoms with Gasteiger partial charge in [0.1, 0.15) is 18.0 Å². The molecule has 1 saturated heterocycles. The number of nitrogens with one attached hydrogen (secondary N) is 3. The van der Waals surface area contributed by atoms with Crippen molar-refractivity contribution < 1.29 is 9.59 Å². The average molecular weight is 486 g/mol. The van der Waals surface area contributed by atoms with Crippen LogP contribution in [0.3, 0.4) is 0 Å². The summed E-state index contributed by atoms with van der Waals surface area (Å²) in [7, 11) is 0. The van der Waals surface area contributed by atoms with E-state index in [2.05, 4.69) is 30.8 Å². The molecule has 1 aliphatic rings. The second kappa shape index (κ2) is 11.9. The van der Waals surface area contributed by atoms with Crippen LogP contribution in [0, 0.1) is 6.92 Å². The molecule has 2 amide bonds. The van der Waals surface area contributed by atoms with E-state index in [-0.39, 0.29) is 11.8 Å². The van der Waals surface area contributed by atoms with Crippen molar-refractivity contribution in [3.05, 3.63) is 78.6 Å². The second-order valence-electron chi connectivity index (χ2n) is 8.69. The van der Waals surface area contributed by atoms with Gasteiger partial charge in [-0.3, -0.25) is 14.5 Å². The highest BCUT2D eigenvalue weighted by Crippen LogP contribution is 2.22. The maximum atomic E-state index is 12.4. The number of benzene rings is 2. The molecule has 1 aliphatic heterocycles. The summed E-state index contributed by atoms with van der Waals surface area (Å²) in [6, 6.07) is 17.3. The minimum absolute atomic E-state index is 0.111. The maximum Gasteiger partial charge on any atom is 0.248 e. The third-order valence-corrected chi connectivity index (χ3v) is 5.81. The van der Waals surface area contributed by atoms with Crippen molar-refractivity contribution in [3.63, 3.8) is 0 Å². The number of hydrogen-bond donors (Lipinski definition) is 3. The normalized spacial score (nSPS) is 14.0. The van der Waals surface area contributed by atoms with Gasteiger partial charge in [-0.1, -0.05) is 24.3 Å². The predicted octanol–water partition coefficient (Wildman–Crippen LogP) is 3.93. The molecule has 1 fully saturated rings. The zero-order valence-electron chi connectivity index (χ0n) is 20.6. The van der Waals surface area contributed by atoms with E-state index in [0.29, 0.717) is 23.9 Å². The van der Waals surface area contributed by atoms with Gasteiger partial charge in [0, 0.05) is 68.9 Å². The average Bonchev–Trinajstić information content (AvgIpc) is 2.85. The molecule has 0 unspecified atom stereocenters. The maximum absolute atomic E-state index is 12.4. The van der Waals surface area contributed by atoms with E-state index in [4.69, 9.17) is 0 Å². The van der Waals surface area contributed by atoms with Gasteiger partial charge in [-0.05, 0) is 42.8 Å². The Morgan fingerprint density at radius 2 is 1.53 bits per heavy atom. The van der Waals surface area contributed by atoms with E-state index >= 15 is 0 Å². The van der Waals surface area contributed by atoms with Crippen LogP contribution in [-0.2, 0) is 9.59 Å². The molecule has 0 radical (unpaired) electrons. The highest BCUT2D eigenvalue weighted by atomic mass is 16.2. The molecule has 9 nitrogen and oxygen atoms in total. The van der Waals surface area contributed by atoms with Crippen LogP contribution in [0.5, 0.6) is 0 Å². The van der Waals surface area contributed by atoms with Crippen LogP contribution in [0.25, 0.3) is 0 Å². The number of carbonyl (C=O) groups excluding carboxylic acids is 2. The number of nitrogens with zero attached hydrogens (tertiary/aromatic N) is 4. The number of aromatic nitrogens is 2. The summed E-state index contributed by atoms with van der Waals surface area (Å²) >= 11 is 0. The molecule has 36 heavy (non-hydrogen) atoms. The zero-order chi connectivity index (χ0) is 25.3. The summed E-state index contributed by atoms with van der Waals surface area (Å²) in [6.45, 7) is 7.38. The minimum atomic E-state index is -0.193. The molecule has 0 bridgehead atoms. The van der Waals surface area contributed by atoms with Gasteiger partial charge in [-0.25, -0.2) is 9.97 Å². The topological polar surface area (TPSA) is 102 Å². The molecule has 2 aromatic carbocycles. The molecular formula is C27H31N7O2. The number of anilines is 5. The van der Waals surface area contributed by atoms with Gasteiger partial charge in [0.2, 0.25) is 11.8 Å². The van der Waals surface area contributed by atoms with Crippen molar-refractivity contribution in [1.82, 2.24) is 19.8 Å². The van der Waals surface area contributed by atoms with Crippen molar-refractivity contribution in [2.24, 2.45) is 0 Å². The van der Waals surface area contributed by atoms with Crippen LogP contribution in [-0.4, -0.2) is 64.3 Å². The molecule has 2 heterocycles. The first-order chi connectivity index (χ1) is 17.4. The SMILES string of the molecule is CC(=O)N1CCN(CC=CC(=O)Nc2cccc(Nc3cc(Nc4cccc(C)c4)ncn3)c2)CC1. The Hall–Kier alpha value is -4.24. The summed E-state index contributed by atoms with van der Waals surface area (Å²) in [5, 5.41) is 9.43. The molecule has 0 aliphatic carbocycles. The van der Waals surface area contributed by atoms with Crippen LogP contribution in [0.2, 0.25) is 0 Å². The van der Waals surface area contributed by atoms with Crippen molar-refractivity contribution in [1.29, 1.82) is 0 Å². The Morgan fingerprint density at radius 3 is 2.19 bits per heavy atom. The van der Waals surface area contributed by atoms with Crippen molar-refractivity contribution in [3.8, 4) is 0 Å². The lowest BCUT2D eigenvalue weighted by Crippen LogP contribution is -2.47. The van der Waals surface area contributed by atoms with Crippen LogP contribution in [0.4, 0.5) is 28.7 Å². The van der Waals surface area contributed by atoms with E-state index in [1.165, 1.54) is 6.33 Å². The molecule has 3 aromatic rings. The van der Waals surface area contributed by atoms with E-state index in [9.17, 15) is 9.59 Å². The second-order valence-corrected chi connectivity index (χ2v) is 8.69. The van der Waals surface area contributed by atoms with E-state index in [1.807, 2.05) is 72.5 Å². The summed E-state index contributed by atoms with van der Waals surface area (Å²) in [5.41, 5.74) is 3.58. The number of rotatable bonds is 8. The summed E-state index contributed by atoms with van der Waals surface area (Å²) in [6.07, 6.45) is 4.90. The van der Waals surface area contributed by atoms with Crippen LogP contribution in [0.1, 0.15) is 12.5 Å². The smallest absolute Gasteiger partial charge is 0.248 e. The van der Waals surface area contributed by atoms with Crippen molar-refractivity contribution in [2.45, 2.75) is 13.8 Å². The molecule has 186 valence electrons. The molecule has 4 rings (SSSR count). The standard InChI is InChI=1S/C27H31N7O2/c1-20-6-3-7-22(16-20)30-25-18-26(29-19-28-25)31-23-8-4-9-24(17-23)32-27(36)10-5-11-33-12-14-34(15-13-33)21(2)35/h3-10,16-19H,11-15H2,1-2H3,(H,32,36)(H2,28,29,30,31). The molecule has 0 atom stereocenters. The van der Waals surface area contributed by atoms with E-state index in [1.54, 1.807) is 13.0 Å². The lowest BCUT2D eigenvalue weighted by molar-refractivity contribution is -0.130. The minimum Gasteiger partial charge on any atom is -0.340 e. The summed E-state index contributed by atoms with van der Waals surface area (Å²) in [4.78, 5) is 36.5. The third-order valence-electron chi connectivity index (χ3n) is 5.81. The Balaban J connectivity index is 1.29. The van der Waals surface area contributed by atoms with Crippen LogP contribution < -0.4 is 16.0 Å². The van der Waals surface area contributed by atoms with Crippen LogP contribution in [0.15, 0.2) is 73.1 Å². The summed E-state index contributed by atoms with van der Waals surface area (Å²) < 4.78 is 0. The fourth-order valence-electron chi connectivity index (χ4n) is 3.93. The van der Waals surface area contributed by atoms with Gasteiger partial charge in [0.25, 0.3) is 0 Å². The monoisotopic (exact) mass is 485 g/mol. The van der Waals surface area contributed by atoms with Gasteiger partial charge in [0.15, 0.2) is 0 Å². The zero-order valence-corrected chi connectivity index (χ0v) is 20.6. The molecule has 3 N–H and O–H groups in total. The number of hydrogen-bond acceptors (Lipinski definition) is 7. The van der Waals surface area contributed by atoms with Crippen molar-refractivity contribution >= 4 is 40.5 Å². The highest BCUT2D eigenvalue weighted by molar-refractivity contribution is 5.99. The number of piperazine rings is 1. The van der Waals surface area contributed by atoms with E-state index in [0.717, 1.165) is 43.1 Å².